The Kier molecular flexibility index (Phi) is 4.77. The minimum atomic E-state index is -4.82. The number of nitrogens with one attached hydrogen (secondary N) is 1. The lowest BCUT2D eigenvalue weighted by molar-refractivity contribution is -0.274. The average Bonchev–Trinajstić information content (AvgIpc) is 2.77. The van der Waals surface area contributed by atoms with Gasteiger partial charge < -0.3 is 15.8 Å². The number of ether oxygens (including phenoxy) is 1. The van der Waals surface area contributed by atoms with E-state index in [1.807, 2.05) is 0 Å². The molecule has 1 saturated carbocycles. The van der Waals surface area contributed by atoms with Crippen molar-refractivity contribution in [2.24, 2.45) is 11.7 Å². The molecule has 0 heterocycles. The molecule has 0 aliphatic heterocycles. The molecule has 1 aliphatic carbocycles. The number of carbonyl (C=O) groups is 1. The fourth-order valence-electron chi connectivity index (χ4n) is 2.30. The molecule has 1 aromatic carbocycles. The molecule has 2 rings (SSSR count). The maximum absolute atomic E-state index is 12.4. The molecule has 0 saturated heterocycles. The number of hydrogen-bond donors (Lipinski definition) is 2. The van der Waals surface area contributed by atoms with Gasteiger partial charge in [-0.05, 0) is 37.5 Å². The van der Waals surface area contributed by atoms with Crippen LogP contribution in [0.25, 0.3) is 0 Å². The summed E-state index contributed by atoms with van der Waals surface area (Å²) in [6.07, 6.45) is -2.91. The topological polar surface area (TPSA) is 64.4 Å². The third-order valence-electron chi connectivity index (χ3n) is 3.27. The van der Waals surface area contributed by atoms with Crippen molar-refractivity contribution in [2.45, 2.75) is 31.7 Å². The maximum atomic E-state index is 12.4. The standard InChI is InChI=1S/C13H14BrF3N2O2/c14-8-2-4-10(11(6-8)21-13(15,16)17)19-12(20)7-1-3-9(18)5-7/h2,4,6-7,9H,1,3,5,18H2,(H,19,20). The fraction of sp³-hybridized carbons (Fsp3) is 0.462. The third kappa shape index (κ3) is 4.60. The highest BCUT2D eigenvalue weighted by Crippen LogP contribution is 2.34. The van der Waals surface area contributed by atoms with Crippen molar-refractivity contribution in [3.63, 3.8) is 0 Å². The van der Waals surface area contributed by atoms with Crippen LogP contribution in [0.15, 0.2) is 22.7 Å². The van der Waals surface area contributed by atoms with Gasteiger partial charge in [0.1, 0.15) is 0 Å². The highest BCUT2D eigenvalue weighted by atomic mass is 79.9. The predicted octanol–water partition coefficient (Wildman–Crippen LogP) is 3.41. The molecule has 21 heavy (non-hydrogen) atoms. The van der Waals surface area contributed by atoms with Gasteiger partial charge in [0.25, 0.3) is 0 Å². The first-order valence-electron chi connectivity index (χ1n) is 6.36. The first-order valence-corrected chi connectivity index (χ1v) is 7.15. The molecule has 0 radical (unpaired) electrons. The van der Waals surface area contributed by atoms with E-state index in [1.54, 1.807) is 0 Å². The second kappa shape index (κ2) is 6.23. The number of hydrogen-bond acceptors (Lipinski definition) is 3. The molecule has 1 aliphatic rings. The van der Waals surface area contributed by atoms with Gasteiger partial charge in [-0.15, -0.1) is 13.2 Å². The van der Waals surface area contributed by atoms with E-state index in [1.165, 1.54) is 12.1 Å². The molecule has 0 spiro atoms. The van der Waals surface area contributed by atoms with Crippen molar-refractivity contribution in [1.82, 2.24) is 0 Å². The molecule has 1 fully saturated rings. The number of benzene rings is 1. The Bertz CT molecular complexity index is 537. The molecule has 2 unspecified atom stereocenters. The number of halogens is 4. The van der Waals surface area contributed by atoms with E-state index in [2.05, 4.69) is 26.0 Å². The van der Waals surface area contributed by atoms with E-state index in [9.17, 15) is 18.0 Å². The van der Waals surface area contributed by atoms with Gasteiger partial charge in [-0.3, -0.25) is 4.79 Å². The zero-order chi connectivity index (χ0) is 15.6. The van der Waals surface area contributed by atoms with Crippen LogP contribution in [0.3, 0.4) is 0 Å². The Balaban J connectivity index is 2.13. The van der Waals surface area contributed by atoms with Crippen molar-refractivity contribution in [3.8, 4) is 5.75 Å². The summed E-state index contributed by atoms with van der Waals surface area (Å²) < 4.78 is 41.5. The lowest BCUT2D eigenvalue weighted by Crippen LogP contribution is -2.24. The Labute approximate surface area is 128 Å². The molecule has 116 valence electrons. The monoisotopic (exact) mass is 366 g/mol. The number of alkyl halides is 3. The van der Waals surface area contributed by atoms with Crippen molar-refractivity contribution < 1.29 is 22.7 Å². The predicted molar refractivity (Wildman–Crippen MR) is 74.8 cm³/mol. The van der Waals surface area contributed by atoms with Crippen molar-refractivity contribution in [1.29, 1.82) is 0 Å². The van der Waals surface area contributed by atoms with Gasteiger partial charge in [0, 0.05) is 16.4 Å². The van der Waals surface area contributed by atoms with Gasteiger partial charge >= 0.3 is 6.36 Å². The van der Waals surface area contributed by atoms with Crippen molar-refractivity contribution in [3.05, 3.63) is 22.7 Å². The summed E-state index contributed by atoms with van der Waals surface area (Å²) >= 11 is 3.07. The summed E-state index contributed by atoms with van der Waals surface area (Å²) in [6, 6.07) is 4.01. The van der Waals surface area contributed by atoms with Crippen LogP contribution in [-0.4, -0.2) is 18.3 Å². The van der Waals surface area contributed by atoms with E-state index >= 15 is 0 Å². The second-order valence-corrected chi connectivity index (χ2v) is 5.86. The Morgan fingerprint density at radius 1 is 1.38 bits per heavy atom. The van der Waals surface area contributed by atoms with Gasteiger partial charge in [-0.25, -0.2) is 0 Å². The number of rotatable bonds is 3. The third-order valence-corrected chi connectivity index (χ3v) is 3.76. The van der Waals surface area contributed by atoms with E-state index < -0.39 is 12.1 Å². The van der Waals surface area contributed by atoms with Crippen LogP contribution in [0.4, 0.5) is 18.9 Å². The normalized spacial score (nSPS) is 22.1. The number of carbonyl (C=O) groups excluding carboxylic acids is 1. The molecule has 3 N–H and O–H groups in total. The van der Waals surface area contributed by atoms with E-state index in [0.717, 1.165) is 12.5 Å². The Hall–Kier alpha value is -1.28. The molecule has 1 aromatic rings. The SMILES string of the molecule is NC1CCC(C(=O)Nc2ccc(Br)cc2OC(F)(F)F)C1. The smallest absolute Gasteiger partial charge is 0.404 e. The van der Waals surface area contributed by atoms with Crippen LogP contribution in [0.1, 0.15) is 19.3 Å². The molecule has 8 heteroatoms. The number of nitrogens with two attached hydrogens (primary N) is 1. The first-order chi connectivity index (χ1) is 9.74. The number of anilines is 1. The molecular formula is C13H14BrF3N2O2. The summed E-state index contributed by atoms with van der Waals surface area (Å²) in [5, 5.41) is 2.48. The van der Waals surface area contributed by atoms with Crippen LogP contribution in [-0.2, 0) is 4.79 Å². The van der Waals surface area contributed by atoms with Gasteiger partial charge in [0.15, 0.2) is 5.75 Å². The van der Waals surface area contributed by atoms with Gasteiger partial charge in [-0.1, -0.05) is 15.9 Å². The first kappa shape index (κ1) is 16.1. The van der Waals surface area contributed by atoms with Gasteiger partial charge in [0.2, 0.25) is 5.91 Å². The molecule has 2 atom stereocenters. The minimum Gasteiger partial charge on any atom is -0.404 e. The quantitative estimate of drug-likeness (QED) is 0.861. The largest absolute Gasteiger partial charge is 0.573 e. The lowest BCUT2D eigenvalue weighted by atomic mass is 10.1. The van der Waals surface area contributed by atoms with E-state index in [-0.39, 0.29) is 23.6 Å². The highest BCUT2D eigenvalue weighted by Gasteiger charge is 2.33. The van der Waals surface area contributed by atoms with Crippen LogP contribution in [0.5, 0.6) is 5.75 Å². The zero-order valence-corrected chi connectivity index (χ0v) is 12.5. The summed E-state index contributed by atoms with van der Waals surface area (Å²) in [5.41, 5.74) is 5.72. The highest BCUT2D eigenvalue weighted by molar-refractivity contribution is 9.10. The molecule has 0 bridgehead atoms. The summed E-state index contributed by atoms with van der Waals surface area (Å²) in [6.45, 7) is 0. The van der Waals surface area contributed by atoms with Crippen LogP contribution in [0, 0.1) is 5.92 Å². The zero-order valence-electron chi connectivity index (χ0n) is 10.9. The fourth-order valence-corrected chi connectivity index (χ4v) is 2.64. The minimum absolute atomic E-state index is 0.0130. The molecule has 1 amide bonds. The van der Waals surface area contributed by atoms with Gasteiger partial charge in [0.05, 0.1) is 5.69 Å². The van der Waals surface area contributed by atoms with Crippen molar-refractivity contribution >= 4 is 27.5 Å². The summed E-state index contributed by atoms with van der Waals surface area (Å²) in [4.78, 5) is 12.0. The maximum Gasteiger partial charge on any atom is 0.573 e. The Morgan fingerprint density at radius 3 is 2.67 bits per heavy atom. The van der Waals surface area contributed by atoms with E-state index in [4.69, 9.17) is 5.73 Å². The van der Waals surface area contributed by atoms with E-state index in [0.29, 0.717) is 17.3 Å². The lowest BCUT2D eigenvalue weighted by Gasteiger charge is -2.16. The molecular weight excluding hydrogens is 353 g/mol. The number of amides is 1. The van der Waals surface area contributed by atoms with Crippen LogP contribution < -0.4 is 15.8 Å². The Morgan fingerprint density at radius 2 is 2.10 bits per heavy atom. The summed E-state index contributed by atoms with van der Waals surface area (Å²) in [5.74, 6) is -1.06. The van der Waals surface area contributed by atoms with Crippen molar-refractivity contribution in [2.75, 3.05) is 5.32 Å². The van der Waals surface area contributed by atoms with Crippen LogP contribution in [0.2, 0.25) is 0 Å². The molecule has 4 nitrogen and oxygen atoms in total. The van der Waals surface area contributed by atoms with Gasteiger partial charge in [-0.2, -0.15) is 0 Å². The summed E-state index contributed by atoms with van der Waals surface area (Å²) in [7, 11) is 0. The second-order valence-electron chi connectivity index (χ2n) is 4.95. The van der Waals surface area contributed by atoms with Crippen LogP contribution >= 0.6 is 15.9 Å². The average molecular weight is 367 g/mol. The molecule has 0 aromatic heterocycles.